The van der Waals surface area contributed by atoms with Crippen molar-refractivity contribution >= 4 is 35.7 Å². The number of hydrogen-bond acceptors (Lipinski definition) is 5. The molecule has 0 amide bonds. The van der Waals surface area contributed by atoms with Gasteiger partial charge in [-0.2, -0.15) is 5.10 Å². The molecule has 5 rings (SSSR count). The SMILES string of the molecule is Cl.Cl.c1ccc(CCN2CCN(CCCn3ncc4ccc(Cn5cnnc5)cc43)CC2)cc1. The summed E-state index contributed by atoms with van der Waals surface area (Å²) in [4.78, 5) is 5.20. The molecular weight excluding hydrogens is 469 g/mol. The number of hydrogen-bond donors (Lipinski definition) is 0. The third kappa shape index (κ3) is 6.79. The van der Waals surface area contributed by atoms with Gasteiger partial charge >= 0.3 is 0 Å². The Balaban J connectivity index is 0.00000162. The van der Waals surface area contributed by atoms with Crippen LogP contribution < -0.4 is 0 Å². The molecule has 4 aromatic rings. The first-order valence-electron chi connectivity index (χ1n) is 11.6. The van der Waals surface area contributed by atoms with Crippen LogP contribution in [0, 0.1) is 0 Å². The Morgan fingerprint density at radius 3 is 2.18 bits per heavy atom. The summed E-state index contributed by atoms with van der Waals surface area (Å²) >= 11 is 0. The van der Waals surface area contributed by atoms with Gasteiger partial charge < -0.3 is 14.4 Å². The van der Waals surface area contributed by atoms with Gasteiger partial charge in [-0.25, -0.2) is 0 Å². The first kappa shape index (κ1) is 26.2. The Kier molecular flexibility index (Phi) is 9.89. The Labute approximate surface area is 213 Å². The topological polar surface area (TPSA) is 55.0 Å². The zero-order valence-corrected chi connectivity index (χ0v) is 21.0. The van der Waals surface area contributed by atoms with E-state index in [9.17, 15) is 0 Å². The second kappa shape index (κ2) is 12.9. The molecule has 0 spiro atoms. The van der Waals surface area contributed by atoms with Crippen LogP contribution in [0.1, 0.15) is 17.5 Å². The number of rotatable bonds is 9. The van der Waals surface area contributed by atoms with Crippen LogP contribution in [0.2, 0.25) is 0 Å². The van der Waals surface area contributed by atoms with E-state index in [1.807, 2.05) is 10.8 Å². The number of aryl methyl sites for hydroxylation is 1. The van der Waals surface area contributed by atoms with Gasteiger partial charge in [0.15, 0.2) is 0 Å². The van der Waals surface area contributed by atoms with Gasteiger partial charge in [0, 0.05) is 44.7 Å². The number of nitrogens with zero attached hydrogens (tertiary/aromatic N) is 7. The van der Waals surface area contributed by atoms with Crippen LogP contribution in [0.25, 0.3) is 10.9 Å². The van der Waals surface area contributed by atoms with Crippen molar-refractivity contribution in [1.29, 1.82) is 0 Å². The average Bonchev–Trinajstić information content (AvgIpc) is 3.49. The average molecular weight is 502 g/mol. The second-order valence-corrected chi connectivity index (χ2v) is 8.67. The van der Waals surface area contributed by atoms with Crippen molar-refractivity contribution in [2.45, 2.75) is 25.9 Å². The van der Waals surface area contributed by atoms with Crippen molar-refractivity contribution in [3.05, 3.63) is 78.5 Å². The van der Waals surface area contributed by atoms with Gasteiger partial charge in [-0.3, -0.25) is 4.68 Å². The van der Waals surface area contributed by atoms with E-state index in [-0.39, 0.29) is 24.8 Å². The highest BCUT2D eigenvalue weighted by atomic mass is 35.5. The Morgan fingerprint density at radius 1 is 0.735 bits per heavy atom. The molecule has 1 saturated heterocycles. The molecule has 1 fully saturated rings. The van der Waals surface area contributed by atoms with E-state index in [1.54, 1.807) is 12.7 Å². The zero-order chi connectivity index (χ0) is 21.6. The molecule has 1 aliphatic heterocycles. The number of piperazine rings is 1. The summed E-state index contributed by atoms with van der Waals surface area (Å²) in [5, 5.41) is 13.6. The zero-order valence-electron chi connectivity index (χ0n) is 19.4. The lowest BCUT2D eigenvalue weighted by atomic mass is 10.1. The summed E-state index contributed by atoms with van der Waals surface area (Å²) < 4.78 is 4.14. The molecule has 0 atom stereocenters. The molecule has 0 saturated carbocycles. The number of aromatic nitrogens is 5. The lowest BCUT2D eigenvalue weighted by molar-refractivity contribution is 0.131. The molecule has 0 N–H and O–H groups in total. The molecule has 7 nitrogen and oxygen atoms in total. The van der Waals surface area contributed by atoms with E-state index in [0.29, 0.717) is 0 Å². The van der Waals surface area contributed by atoms with Crippen molar-refractivity contribution < 1.29 is 0 Å². The van der Waals surface area contributed by atoms with Crippen LogP contribution in [0.3, 0.4) is 0 Å². The van der Waals surface area contributed by atoms with Crippen LogP contribution in [0.4, 0.5) is 0 Å². The van der Waals surface area contributed by atoms with Crippen molar-refractivity contribution in [2.75, 3.05) is 39.3 Å². The largest absolute Gasteiger partial charge is 0.316 e. The number of fused-ring (bicyclic) bond motifs is 1. The van der Waals surface area contributed by atoms with Crippen molar-refractivity contribution in [3.63, 3.8) is 0 Å². The quantitative estimate of drug-likeness (QED) is 0.349. The van der Waals surface area contributed by atoms with Gasteiger partial charge in [0.05, 0.1) is 18.3 Å². The maximum atomic E-state index is 4.64. The molecule has 0 unspecified atom stereocenters. The smallest absolute Gasteiger partial charge is 0.119 e. The Bertz CT molecular complexity index is 1110. The standard InChI is InChI=1S/C25H31N7.2ClH/c1-2-5-22(6-3-1)9-12-30-15-13-29(14-16-30)10-4-11-32-25-17-23(7-8-24(25)18-28-32)19-31-20-26-27-21-31;;/h1-3,5-8,17-18,20-21H,4,9-16,19H2;2*1H. The minimum absolute atomic E-state index is 0. The van der Waals surface area contributed by atoms with Crippen molar-refractivity contribution in [1.82, 2.24) is 34.3 Å². The van der Waals surface area contributed by atoms with Crippen molar-refractivity contribution in [3.8, 4) is 0 Å². The van der Waals surface area contributed by atoms with Gasteiger partial charge in [0.25, 0.3) is 0 Å². The summed E-state index contributed by atoms with van der Waals surface area (Å²) in [6.07, 6.45) is 7.75. The fourth-order valence-corrected chi connectivity index (χ4v) is 4.52. The highest BCUT2D eigenvalue weighted by Gasteiger charge is 2.16. The predicted molar refractivity (Wildman–Crippen MR) is 141 cm³/mol. The van der Waals surface area contributed by atoms with Gasteiger partial charge in [-0.05, 0) is 36.6 Å². The van der Waals surface area contributed by atoms with Crippen LogP contribution in [0.15, 0.2) is 67.4 Å². The predicted octanol–water partition coefficient (Wildman–Crippen LogP) is 3.77. The van der Waals surface area contributed by atoms with E-state index in [2.05, 4.69) is 78.3 Å². The lowest BCUT2D eigenvalue weighted by Crippen LogP contribution is -2.47. The Hall–Kier alpha value is -2.45. The maximum absolute atomic E-state index is 4.64. The summed E-state index contributed by atoms with van der Waals surface area (Å²) in [6, 6.07) is 17.4. The molecule has 0 aliphatic carbocycles. The number of halogens is 2. The first-order valence-corrected chi connectivity index (χ1v) is 11.6. The molecule has 182 valence electrons. The van der Waals surface area contributed by atoms with E-state index in [0.717, 1.165) is 52.1 Å². The Morgan fingerprint density at radius 2 is 1.44 bits per heavy atom. The molecule has 2 aromatic carbocycles. The fourth-order valence-electron chi connectivity index (χ4n) is 4.52. The molecule has 34 heavy (non-hydrogen) atoms. The molecule has 3 heterocycles. The first-order chi connectivity index (χ1) is 15.8. The second-order valence-electron chi connectivity index (χ2n) is 8.67. The van der Waals surface area contributed by atoms with E-state index in [4.69, 9.17) is 0 Å². The van der Waals surface area contributed by atoms with E-state index in [1.165, 1.54) is 35.1 Å². The maximum Gasteiger partial charge on any atom is 0.119 e. The van der Waals surface area contributed by atoms with Crippen LogP contribution in [-0.2, 0) is 19.5 Å². The summed E-state index contributed by atoms with van der Waals surface area (Å²) in [7, 11) is 0. The highest BCUT2D eigenvalue weighted by Crippen LogP contribution is 2.17. The summed E-state index contributed by atoms with van der Waals surface area (Å²) in [6.45, 7) is 8.70. The van der Waals surface area contributed by atoms with Gasteiger partial charge in [-0.15, -0.1) is 35.0 Å². The third-order valence-electron chi connectivity index (χ3n) is 6.41. The van der Waals surface area contributed by atoms with Crippen LogP contribution in [0.5, 0.6) is 0 Å². The fraction of sp³-hybridized carbons (Fsp3) is 0.400. The van der Waals surface area contributed by atoms with Crippen molar-refractivity contribution in [2.24, 2.45) is 0 Å². The molecule has 0 bridgehead atoms. The van der Waals surface area contributed by atoms with Gasteiger partial charge in [-0.1, -0.05) is 42.5 Å². The molecular formula is C25H33Cl2N7. The van der Waals surface area contributed by atoms with E-state index >= 15 is 0 Å². The molecule has 2 aromatic heterocycles. The lowest BCUT2D eigenvalue weighted by Gasteiger charge is -2.34. The van der Waals surface area contributed by atoms with E-state index < -0.39 is 0 Å². The minimum atomic E-state index is 0. The summed E-state index contributed by atoms with van der Waals surface area (Å²) in [5.41, 5.74) is 3.89. The van der Waals surface area contributed by atoms with Gasteiger partial charge in [0.1, 0.15) is 12.7 Å². The highest BCUT2D eigenvalue weighted by molar-refractivity contribution is 5.85. The third-order valence-corrected chi connectivity index (χ3v) is 6.41. The van der Waals surface area contributed by atoms with Crippen LogP contribution >= 0.6 is 24.8 Å². The monoisotopic (exact) mass is 501 g/mol. The molecule has 1 aliphatic rings. The normalized spacial score (nSPS) is 14.6. The summed E-state index contributed by atoms with van der Waals surface area (Å²) in [5.74, 6) is 0. The van der Waals surface area contributed by atoms with Crippen LogP contribution in [-0.4, -0.2) is 73.6 Å². The molecule has 9 heteroatoms. The minimum Gasteiger partial charge on any atom is -0.316 e. The number of benzene rings is 2. The molecule has 0 radical (unpaired) electrons. The van der Waals surface area contributed by atoms with Gasteiger partial charge in [0.2, 0.25) is 0 Å².